The maximum absolute atomic E-state index is 11.4. The number of aromatic nitrogens is 1. The molecule has 1 fully saturated rings. The minimum absolute atomic E-state index is 0.411. The van der Waals surface area contributed by atoms with Crippen molar-refractivity contribution < 1.29 is 14.3 Å². The average molecular weight is 266 g/mol. The first-order valence-corrected chi connectivity index (χ1v) is 6.91. The number of carboxylic acid groups (broad SMARTS) is 1. The van der Waals surface area contributed by atoms with E-state index in [4.69, 9.17) is 4.42 Å². The zero-order valence-corrected chi connectivity index (χ0v) is 11.8. The Hall–Kier alpha value is -1.36. The van der Waals surface area contributed by atoms with Gasteiger partial charge in [-0.3, -0.25) is 9.69 Å². The Labute approximate surface area is 113 Å². The Kier molecular flexibility index (Phi) is 4.24. The number of aryl methyl sites for hydroxylation is 2. The second kappa shape index (κ2) is 5.74. The second-order valence-corrected chi connectivity index (χ2v) is 5.37. The SMILES string of the molecule is CCC1CCN(Cc2nc(C)c(C)o2)C(C(=O)O)C1. The van der Waals surface area contributed by atoms with Crippen molar-refractivity contribution in [1.29, 1.82) is 0 Å². The van der Waals surface area contributed by atoms with Crippen LogP contribution in [-0.2, 0) is 11.3 Å². The number of likely N-dealkylation sites (tertiary alicyclic amines) is 1. The van der Waals surface area contributed by atoms with Crippen molar-refractivity contribution in [2.75, 3.05) is 6.54 Å². The van der Waals surface area contributed by atoms with Crippen LogP contribution < -0.4 is 0 Å². The quantitative estimate of drug-likeness (QED) is 0.906. The second-order valence-electron chi connectivity index (χ2n) is 5.37. The molecule has 1 aliphatic rings. The number of hydrogen-bond acceptors (Lipinski definition) is 4. The van der Waals surface area contributed by atoms with Gasteiger partial charge in [-0.2, -0.15) is 0 Å². The number of rotatable bonds is 4. The summed E-state index contributed by atoms with van der Waals surface area (Å²) in [6.07, 6.45) is 2.83. The van der Waals surface area contributed by atoms with Crippen LogP contribution in [0.1, 0.15) is 43.5 Å². The van der Waals surface area contributed by atoms with Gasteiger partial charge in [-0.25, -0.2) is 4.98 Å². The van der Waals surface area contributed by atoms with Crippen molar-refractivity contribution in [2.45, 2.75) is 52.6 Å². The van der Waals surface area contributed by atoms with Crippen LogP contribution in [0.3, 0.4) is 0 Å². The molecular weight excluding hydrogens is 244 g/mol. The van der Waals surface area contributed by atoms with Crippen LogP contribution >= 0.6 is 0 Å². The molecule has 5 heteroatoms. The van der Waals surface area contributed by atoms with Gasteiger partial charge in [0.25, 0.3) is 0 Å². The summed E-state index contributed by atoms with van der Waals surface area (Å²) in [6, 6.07) is -0.411. The maximum Gasteiger partial charge on any atom is 0.320 e. The lowest BCUT2D eigenvalue weighted by Gasteiger charge is -2.36. The van der Waals surface area contributed by atoms with Crippen LogP contribution in [0.15, 0.2) is 4.42 Å². The summed E-state index contributed by atoms with van der Waals surface area (Å²) < 4.78 is 5.55. The third-order valence-corrected chi connectivity index (χ3v) is 4.10. The minimum Gasteiger partial charge on any atom is -0.480 e. The lowest BCUT2D eigenvalue weighted by atomic mass is 9.89. The molecule has 19 heavy (non-hydrogen) atoms. The summed E-state index contributed by atoms with van der Waals surface area (Å²) in [5.41, 5.74) is 0.880. The monoisotopic (exact) mass is 266 g/mol. The largest absolute Gasteiger partial charge is 0.480 e. The Morgan fingerprint density at radius 3 is 2.79 bits per heavy atom. The maximum atomic E-state index is 11.4. The summed E-state index contributed by atoms with van der Waals surface area (Å²) in [5, 5.41) is 9.37. The molecule has 2 heterocycles. The number of aliphatic carboxylic acids is 1. The van der Waals surface area contributed by atoms with E-state index >= 15 is 0 Å². The molecule has 0 radical (unpaired) electrons. The fraction of sp³-hybridized carbons (Fsp3) is 0.714. The van der Waals surface area contributed by atoms with Gasteiger partial charge < -0.3 is 9.52 Å². The molecule has 2 unspecified atom stereocenters. The van der Waals surface area contributed by atoms with E-state index in [2.05, 4.69) is 11.9 Å². The van der Waals surface area contributed by atoms with E-state index in [0.717, 1.165) is 37.3 Å². The Morgan fingerprint density at radius 2 is 2.26 bits per heavy atom. The molecule has 106 valence electrons. The third kappa shape index (κ3) is 3.15. The van der Waals surface area contributed by atoms with Gasteiger partial charge in [0.2, 0.25) is 5.89 Å². The van der Waals surface area contributed by atoms with Crippen molar-refractivity contribution in [3.05, 3.63) is 17.3 Å². The molecule has 0 aromatic carbocycles. The molecule has 1 aromatic rings. The highest BCUT2D eigenvalue weighted by Gasteiger charge is 2.33. The van der Waals surface area contributed by atoms with Crippen LogP contribution in [0, 0.1) is 19.8 Å². The number of carbonyl (C=O) groups is 1. The molecular formula is C14H22N2O3. The first kappa shape index (κ1) is 14.1. The Morgan fingerprint density at radius 1 is 1.53 bits per heavy atom. The number of oxazole rings is 1. The third-order valence-electron chi connectivity index (χ3n) is 4.10. The topological polar surface area (TPSA) is 66.6 Å². The first-order chi connectivity index (χ1) is 9.01. The standard InChI is InChI=1S/C14H22N2O3/c1-4-11-5-6-16(12(7-11)14(17)18)8-13-15-9(2)10(3)19-13/h11-12H,4-8H2,1-3H3,(H,17,18). The summed E-state index contributed by atoms with van der Waals surface area (Å²) in [5.74, 6) is 1.21. The Balaban J connectivity index is 2.07. The number of nitrogens with zero attached hydrogens (tertiary/aromatic N) is 2. The van der Waals surface area contributed by atoms with Gasteiger partial charge in [-0.05, 0) is 39.2 Å². The average Bonchev–Trinajstić information content (AvgIpc) is 2.68. The van der Waals surface area contributed by atoms with Gasteiger partial charge in [0.05, 0.1) is 12.2 Å². The molecule has 2 atom stereocenters. The smallest absolute Gasteiger partial charge is 0.320 e. The lowest BCUT2D eigenvalue weighted by molar-refractivity contribution is -0.146. The molecule has 0 spiro atoms. The fourth-order valence-electron chi connectivity index (χ4n) is 2.68. The van der Waals surface area contributed by atoms with Crippen LogP contribution in [0.25, 0.3) is 0 Å². The van der Waals surface area contributed by atoms with Crippen molar-refractivity contribution in [3.8, 4) is 0 Å². The van der Waals surface area contributed by atoms with Gasteiger partial charge in [0, 0.05) is 0 Å². The number of piperidine rings is 1. The molecule has 0 saturated carbocycles. The molecule has 1 saturated heterocycles. The zero-order chi connectivity index (χ0) is 14.0. The molecule has 0 amide bonds. The van der Waals surface area contributed by atoms with E-state index in [1.165, 1.54) is 0 Å². The molecule has 1 aromatic heterocycles. The molecule has 1 aliphatic heterocycles. The van der Waals surface area contributed by atoms with Crippen molar-refractivity contribution in [3.63, 3.8) is 0 Å². The zero-order valence-electron chi connectivity index (χ0n) is 11.8. The summed E-state index contributed by atoms with van der Waals surface area (Å²) >= 11 is 0. The van der Waals surface area contributed by atoms with Gasteiger partial charge in [-0.15, -0.1) is 0 Å². The predicted octanol–water partition coefficient (Wildman–Crippen LogP) is 2.37. The van der Waals surface area contributed by atoms with Gasteiger partial charge >= 0.3 is 5.97 Å². The molecule has 5 nitrogen and oxygen atoms in total. The molecule has 2 rings (SSSR count). The highest BCUT2D eigenvalue weighted by atomic mass is 16.4. The summed E-state index contributed by atoms with van der Waals surface area (Å²) in [4.78, 5) is 17.7. The highest BCUT2D eigenvalue weighted by molar-refractivity contribution is 5.73. The van der Waals surface area contributed by atoms with Crippen LogP contribution in [0.4, 0.5) is 0 Å². The van der Waals surface area contributed by atoms with Gasteiger partial charge in [0.1, 0.15) is 11.8 Å². The van der Waals surface area contributed by atoms with E-state index < -0.39 is 12.0 Å². The molecule has 0 aliphatic carbocycles. The van der Waals surface area contributed by atoms with Crippen molar-refractivity contribution in [2.24, 2.45) is 5.92 Å². The lowest BCUT2D eigenvalue weighted by Crippen LogP contribution is -2.46. The van der Waals surface area contributed by atoms with Crippen LogP contribution in [-0.4, -0.2) is 33.5 Å². The van der Waals surface area contributed by atoms with Crippen molar-refractivity contribution in [1.82, 2.24) is 9.88 Å². The molecule has 0 bridgehead atoms. The van der Waals surface area contributed by atoms with E-state index in [9.17, 15) is 9.90 Å². The van der Waals surface area contributed by atoms with E-state index in [-0.39, 0.29) is 0 Å². The van der Waals surface area contributed by atoms with E-state index in [1.54, 1.807) is 0 Å². The first-order valence-electron chi connectivity index (χ1n) is 6.91. The van der Waals surface area contributed by atoms with Gasteiger partial charge in [0.15, 0.2) is 0 Å². The summed E-state index contributed by atoms with van der Waals surface area (Å²) in [6.45, 7) is 7.20. The summed E-state index contributed by atoms with van der Waals surface area (Å²) in [7, 11) is 0. The van der Waals surface area contributed by atoms with Crippen LogP contribution in [0.2, 0.25) is 0 Å². The number of carboxylic acids is 1. The fourth-order valence-corrected chi connectivity index (χ4v) is 2.68. The molecule has 1 N–H and O–H groups in total. The number of hydrogen-bond donors (Lipinski definition) is 1. The van der Waals surface area contributed by atoms with E-state index in [0.29, 0.717) is 18.4 Å². The minimum atomic E-state index is -0.738. The van der Waals surface area contributed by atoms with Gasteiger partial charge in [-0.1, -0.05) is 13.3 Å². The normalized spacial score (nSPS) is 24.6. The predicted molar refractivity (Wildman–Crippen MR) is 70.8 cm³/mol. The van der Waals surface area contributed by atoms with E-state index in [1.807, 2.05) is 18.7 Å². The van der Waals surface area contributed by atoms with Crippen LogP contribution in [0.5, 0.6) is 0 Å². The Bertz CT molecular complexity index is 436. The highest BCUT2D eigenvalue weighted by Crippen LogP contribution is 2.27. The van der Waals surface area contributed by atoms with Crippen molar-refractivity contribution >= 4 is 5.97 Å².